The topological polar surface area (TPSA) is 111 Å². The van der Waals surface area contributed by atoms with Crippen molar-refractivity contribution < 1.29 is 33.3 Å². The van der Waals surface area contributed by atoms with Gasteiger partial charge >= 0.3 is 12.2 Å². The van der Waals surface area contributed by atoms with Gasteiger partial charge in [-0.3, -0.25) is 9.69 Å². The first kappa shape index (κ1) is 41.6. The van der Waals surface area contributed by atoms with Crippen LogP contribution in [0.25, 0.3) is 5.57 Å². The number of rotatable bonds is 10. The molecule has 6 rings (SSSR count). The molecule has 1 unspecified atom stereocenters. The Labute approximate surface area is 343 Å². The van der Waals surface area contributed by atoms with Crippen molar-refractivity contribution in [2.45, 2.75) is 117 Å². The summed E-state index contributed by atoms with van der Waals surface area (Å²) in [6, 6.07) is 8.45. The maximum Gasteiger partial charge on any atom is 0.411 e. The van der Waals surface area contributed by atoms with E-state index >= 15 is 4.79 Å². The summed E-state index contributed by atoms with van der Waals surface area (Å²) in [4.78, 5) is 53.6. The number of halogens is 2. The Kier molecular flexibility index (Phi) is 12.2. The van der Waals surface area contributed by atoms with Gasteiger partial charge in [0.1, 0.15) is 24.4 Å². The standard InChI is InChI=1S/C42H52Cl2N4O7S/c1-24-17-31(43)36(32(44)18-24)52-15-16-53-38-45-20-34(56-38)30-19-29-22-46(39(50)54-41(4,5)6)23-33(48(29)40(51)55-42(7,8)9)35(30)37(49)47(28-13-14-28)21-27-12-10-11-25(2)26(27)3/h10-12,17-18,20,28-29,33H,13-16,19,21-23H2,1-9H3/t29?,33-/m1/s1. The van der Waals surface area contributed by atoms with Gasteiger partial charge in [-0.05, 0) is 122 Å². The number of carbonyl (C=O) groups excluding carboxylic acids is 3. The van der Waals surface area contributed by atoms with E-state index in [9.17, 15) is 9.59 Å². The molecule has 11 nitrogen and oxygen atoms in total. The quantitative estimate of drug-likeness (QED) is 0.186. The van der Waals surface area contributed by atoms with E-state index < -0.39 is 35.5 Å². The summed E-state index contributed by atoms with van der Waals surface area (Å²) >= 11 is 14.0. The van der Waals surface area contributed by atoms with Gasteiger partial charge in [-0.2, -0.15) is 0 Å². The molecule has 1 saturated carbocycles. The number of thiazole rings is 1. The van der Waals surface area contributed by atoms with Gasteiger partial charge in [0.15, 0.2) is 5.75 Å². The van der Waals surface area contributed by atoms with Crippen LogP contribution in [0.15, 0.2) is 42.1 Å². The molecule has 1 aromatic heterocycles. The third kappa shape index (κ3) is 9.74. The normalized spacial score (nSPS) is 18.5. The van der Waals surface area contributed by atoms with E-state index in [1.54, 1.807) is 28.1 Å². The molecule has 2 atom stereocenters. The Morgan fingerprint density at radius 3 is 2.20 bits per heavy atom. The number of amides is 3. The van der Waals surface area contributed by atoms with Crippen molar-refractivity contribution >= 4 is 58.2 Å². The summed E-state index contributed by atoms with van der Waals surface area (Å²) in [5.41, 5.74) is 3.98. The fourth-order valence-electron chi connectivity index (χ4n) is 7.12. The van der Waals surface area contributed by atoms with Gasteiger partial charge in [-0.25, -0.2) is 14.6 Å². The Bertz CT molecular complexity index is 1990. The number of piperazine rings is 1. The Balaban J connectivity index is 1.37. The largest absolute Gasteiger partial charge is 0.487 e. The highest BCUT2D eigenvalue weighted by atomic mass is 35.5. The summed E-state index contributed by atoms with van der Waals surface area (Å²) in [6.45, 7) is 18.0. The molecule has 14 heteroatoms. The molecule has 1 saturated heterocycles. The SMILES string of the molecule is Cc1cc(Cl)c(OCCOc2ncc(C3=C(C(=O)N(Cc4cccc(C)c4C)C4CC4)[C@H]4CN(C(=O)OC(C)(C)C)CC(C3)N4C(=O)OC(C)(C)C)s2)c(Cl)c1. The maximum atomic E-state index is 15.3. The van der Waals surface area contributed by atoms with Gasteiger partial charge in [-0.1, -0.05) is 52.7 Å². The van der Waals surface area contributed by atoms with E-state index in [0.717, 1.165) is 45.5 Å². The number of nitrogens with zero attached hydrogens (tertiary/aromatic N) is 4. The second-order valence-corrected chi connectivity index (χ2v) is 18.6. The van der Waals surface area contributed by atoms with Crippen LogP contribution in [-0.4, -0.2) is 93.4 Å². The predicted molar refractivity (Wildman–Crippen MR) is 219 cm³/mol. The fourth-order valence-corrected chi connectivity index (χ4v) is 8.68. The van der Waals surface area contributed by atoms with Crippen molar-refractivity contribution in [3.63, 3.8) is 0 Å². The van der Waals surface area contributed by atoms with Crippen molar-refractivity contribution in [1.82, 2.24) is 19.7 Å². The summed E-state index contributed by atoms with van der Waals surface area (Å²) in [6.07, 6.45) is 2.74. The lowest BCUT2D eigenvalue weighted by molar-refractivity contribution is -0.129. The molecule has 2 aromatic carbocycles. The van der Waals surface area contributed by atoms with Crippen molar-refractivity contribution in [2.24, 2.45) is 0 Å². The first-order chi connectivity index (χ1) is 26.3. The number of hydrogen-bond acceptors (Lipinski definition) is 9. The van der Waals surface area contributed by atoms with E-state index in [2.05, 4.69) is 31.0 Å². The zero-order chi connectivity index (χ0) is 40.7. The van der Waals surface area contributed by atoms with Crippen LogP contribution in [0, 0.1) is 20.8 Å². The molecule has 3 heterocycles. The van der Waals surface area contributed by atoms with Crippen molar-refractivity contribution in [1.29, 1.82) is 0 Å². The first-order valence-corrected chi connectivity index (χ1v) is 20.6. The highest BCUT2D eigenvalue weighted by molar-refractivity contribution is 7.14. The molecule has 3 amide bonds. The number of aromatic nitrogens is 1. The molecule has 3 aliphatic rings. The van der Waals surface area contributed by atoms with E-state index in [1.807, 2.05) is 59.4 Å². The van der Waals surface area contributed by atoms with Gasteiger partial charge in [0, 0.05) is 37.4 Å². The van der Waals surface area contributed by atoms with Crippen LogP contribution in [0.2, 0.25) is 10.0 Å². The number of carbonyl (C=O) groups is 3. The number of ether oxygens (including phenoxy) is 4. The number of benzene rings is 2. The third-order valence-electron chi connectivity index (χ3n) is 9.92. The second kappa shape index (κ2) is 16.5. The van der Waals surface area contributed by atoms with Gasteiger partial charge in [0.25, 0.3) is 11.1 Å². The zero-order valence-electron chi connectivity index (χ0n) is 33.7. The monoisotopic (exact) mass is 826 g/mol. The van der Waals surface area contributed by atoms with Crippen molar-refractivity contribution in [2.75, 3.05) is 26.3 Å². The van der Waals surface area contributed by atoms with E-state index in [0.29, 0.717) is 33.1 Å². The molecule has 0 spiro atoms. The molecule has 0 radical (unpaired) electrons. The minimum Gasteiger partial charge on any atom is -0.487 e. The highest BCUT2D eigenvalue weighted by Crippen LogP contribution is 2.44. The minimum absolute atomic E-state index is 0.0466. The molecule has 2 bridgehead atoms. The summed E-state index contributed by atoms with van der Waals surface area (Å²) in [5.74, 6) is 0.211. The highest BCUT2D eigenvalue weighted by Gasteiger charge is 2.51. The van der Waals surface area contributed by atoms with Gasteiger partial charge in [0.2, 0.25) is 0 Å². The van der Waals surface area contributed by atoms with Gasteiger partial charge < -0.3 is 28.7 Å². The van der Waals surface area contributed by atoms with E-state index in [4.69, 9.17) is 42.1 Å². The predicted octanol–water partition coefficient (Wildman–Crippen LogP) is 9.41. The minimum atomic E-state index is -0.809. The Morgan fingerprint density at radius 2 is 1.55 bits per heavy atom. The molecule has 2 aliphatic heterocycles. The van der Waals surface area contributed by atoms with Crippen LogP contribution < -0.4 is 9.47 Å². The molecule has 0 N–H and O–H groups in total. The molecule has 1 aliphatic carbocycles. The van der Waals surface area contributed by atoms with Crippen molar-refractivity contribution in [3.8, 4) is 10.9 Å². The van der Waals surface area contributed by atoms with Crippen molar-refractivity contribution in [3.05, 3.63) is 79.3 Å². The summed E-state index contributed by atoms with van der Waals surface area (Å²) in [5, 5.41) is 1.23. The smallest absolute Gasteiger partial charge is 0.411 e. The number of fused-ring (bicyclic) bond motifs is 2. The number of aryl methyl sites for hydroxylation is 2. The number of hydrogen-bond donors (Lipinski definition) is 0. The average Bonchev–Trinajstić information content (AvgIpc) is 3.82. The molecule has 2 fully saturated rings. The molecule has 302 valence electrons. The fraction of sp³-hybridized carbons (Fsp3) is 0.524. The molecule has 56 heavy (non-hydrogen) atoms. The lowest BCUT2D eigenvalue weighted by Gasteiger charge is -2.51. The Morgan fingerprint density at radius 1 is 0.911 bits per heavy atom. The van der Waals surface area contributed by atoms with Crippen LogP contribution in [0.3, 0.4) is 0 Å². The van der Waals surface area contributed by atoms with E-state index in [-0.39, 0.29) is 44.7 Å². The van der Waals surface area contributed by atoms with Crippen LogP contribution in [0.4, 0.5) is 9.59 Å². The average molecular weight is 828 g/mol. The van der Waals surface area contributed by atoms with Crippen LogP contribution in [0.5, 0.6) is 10.9 Å². The first-order valence-electron chi connectivity index (χ1n) is 19.1. The van der Waals surface area contributed by atoms with Crippen LogP contribution >= 0.6 is 34.5 Å². The third-order valence-corrected chi connectivity index (χ3v) is 11.5. The zero-order valence-corrected chi connectivity index (χ0v) is 36.0. The van der Waals surface area contributed by atoms with Gasteiger partial charge in [0.05, 0.1) is 27.0 Å². The second-order valence-electron chi connectivity index (χ2n) is 16.8. The lowest BCUT2D eigenvalue weighted by Crippen LogP contribution is -2.66. The Hall–Kier alpha value is -4.00. The molecular weight excluding hydrogens is 775 g/mol. The maximum absolute atomic E-state index is 15.3. The van der Waals surface area contributed by atoms with Crippen LogP contribution in [0.1, 0.15) is 87.9 Å². The molecular formula is C42H52Cl2N4O7S. The van der Waals surface area contributed by atoms with Gasteiger partial charge in [-0.15, -0.1) is 0 Å². The van der Waals surface area contributed by atoms with E-state index in [1.165, 1.54) is 11.3 Å². The lowest BCUT2D eigenvalue weighted by atomic mass is 9.83. The summed E-state index contributed by atoms with van der Waals surface area (Å²) in [7, 11) is 0. The van der Waals surface area contributed by atoms with Crippen LogP contribution in [-0.2, 0) is 20.8 Å². The molecule has 3 aromatic rings. The summed E-state index contributed by atoms with van der Waals surface area (Å²) < 4.78 is 23.7.